The molecule has 1 aromatic rings. The van der Waals surface area contributed by atoms with Gasteiger partial charge in [0, 0.05) is 40.3 Å². The fourth-order valence-electron chi connectivity index (χ4n) is 7.86. The van der Waals surface area contributed by atoms with Crippen LogP contribution >= 0.6 is 0 Å². The third kappa shape index (κ3) is 7.79. The van der Waals surface area contributed by atoms with Gasteiger partial charge in [-0.25, -0.2) is 0 Å². The van der Waals surface area contributed by atoms with E-state index in [1.807, 2.05) is 6.92 Å². The zero-order chi connectivity index (χ0) is 27.9. The summed E-state index contributed by atoms with van der Waals surface area (Å²) in [6, 6.07) is 1.27. The number of nitrogens with one attached hydrogen (secondary N) is 3. The van der Waals surface area contributed by atoms with Gasteiger partial charge in [0.2, 0.25) is 11.9 Å². The van der Waals surface area contributed by atoms with Gasteiger partial charge in [-0.15, -0.1) is 0 Å². The maximum absolute atomic E-state index is 5.09. The fraction of sp³-hybridized carbons (Fsp3) is 0.900. The van der Waals surface area contributed by atoms with E-state index in [1.165, 1.54) is 32.1 Å². The average Bonchev–Trinajstić information content (AvgIpc) is 2.73. The van der Waals surface area contributed by atoms with E-state index in [4.69, 9.17) is 15.0 Å². The molecule has 38 heavy (non-hydrogen) atoms. The quantitative estimate of drug-likeness (QED) is 0.415. The van der Waals surface area contributed by atoms with E-state index in [0.29, 0.717) is 18.1 Å². The molecule has 1 aliphatic carbocycles. The molecule has 1 aromatic heterocycles. The molecule has 2 saturated heterocycles. The predicted molar refractivity (Wildman–Crippen MR) is 159 cm³/mol. The van der Waals surface area contributed by atoms with E-state index >= 15 is 0 Å². The van der Waals surface area contributed by atoms with Crippen molar-refractivity contribution >= 4 is 11.9 Å². The van der Waals surface area contributed by atoms with Crippen molar-refractivity contribution in [3.63, 3.8) is 0 Å². The van der Waals surface area contributed by atoms with Gasteiger partial charge in [0.05, 0.1) is 6.67 Å². The Bertz CT molecular complexity index is 918. The summed E-state index contributed by atoms with van der Waals surface area (Å²) in [5, 5.41) is 11.4. The second-order valence-electron chi connectivity index (χ2n) is 15.3. The summed E-state index contributed by atoms with van der Waals surface area (Å²) in [5.74, 6) is 2.34. The van der Waals surface area contributed by atoms with Crippen molar-refractivity contribution in [3.05, 3.63) is 5.82 Å². The number of rotatable bonds is 7. The van der Waals surface area contributed by atoms with E-state index in [1.54, 1.807) is 0 Å². The standard InChI is InChI=1S/C30H56N8/c1-21-31-25(33-22-14-12-11-13-15-22)34-26(32-21)38(24-18-29(6,7)36-30(8,9)19-24)20-37(10)23-16-27(2,3)35-28(4,5)17-23/h22-24,35-36H,11-20H2,1-10H3,(H,31,32,33,34). The Morgan fingerprint density at radius 1 is 0.737 bits per heavy atom. The van der Waals surface area contributed by atoms with Crippen LogP contribution in [0.15, 0.2) is 0 Å². The molecule has 2 aliphatic heterocycles. The predicted octanol–water partition coefficient (Wildman–Crippen LogP) is 5.24. The van der Waals surface area contributed by atoms with Crippen LogP contribution < -0.4 is 20.9 Å². The molecule has 3 fully saturated rings. The topological polar surface area (TPSA) is 81.2 Å². The molecule has 0 radical (unpaired) electrons. The van der Waals surface area contributed by atoms with Gasteiger partial charge in [0.1, 0.15) is 5.82 Å². The van der Waals surface area contributed by atoms with Gasteiger partial charge in [-0.2, -0.15) is 15.0 Å². The summed E-state index contributed by atoms with van der Waals surface area (Å²) in [5.41, 5.74) is 0.274. The van der Waals surface area contributed by atoms with Gasteiger partial charge >= 0.3 is 0 Å². The highest BCUT2D eigenvalue weighted by atomic mass is 15.4. The Hall–Kier alpha value is -1.51. The number of hydrogen-bond donors (Lipinski definition) is 3. The molecule has 0 amide bonds. The number of aryl methyl sites for hydroxylation is 1. The molecule has 0 bridgehead atoms. The molecule has 0 spiro atoms. The molecule has 0 aromatic carbocycles. The first-order valence-electron chi connectivity index (χ1n) is 15.1. The summed E-state index contributed by atoms with van der Waals surface area (Å²) in [6.07, 6.45) is 10.6. The van der Waals surface area contributed by atoms with Crippen LogP contribution in [0.25, 0.3) is 0 Å². The van der Waals surface area contributed by atoms with Crippen LogP contribution in [0.2, 0.25) is 0 Å². The van der Waals surface area contributed by atoms with Crippen molar-refractivity contribution in [2.75, 3.05) is 23.9 Å². The van der Waals surface area contributed by atoms with Crippen molar-refractivity contribution in [1.29, 1.82) is 0 Å². The molecule has 1 saturated carbocycles. The van der Waals surface area contributed by atoms with Crippen molar-refractivity contribution in [2.45, 2.75) is 160 Å². The van der Waals surface area contributed by atoms with Crippen molar-refractivity contribution in [3.8, 4) is 0 Å². The summed E-state index contributed by atoms with van der Waals surface area (Å²) in [7, 11) is 2.29. The minimum Gasteiger partial charge on any atom is -0.351 e. The summed E-state index contributed by atoms with van der Waals surface area (Å²) in [4.78, 5) is 19.8. The lowest BCUT2D eigenvalue weighted by atomic mass is 9.78. The van der Waals surface area contributed by atoms with Gasteiger partial charge in [-0.3, -0.25) is 4.90 Å². The first-order chi connectivity index (χ1) is 17.5. The minimum absolute atomic E-state index is 0.0350. The van der Waals surface area contributed by atoms with Crippen LogP contribution in [0.1, 0.15) is 119 Å². The summed E-state index contributed by atoms with van der Waals surface area (Å²) < 4.78 is 0. The van der Waals surface area contributed by atoms with E-state index in [9.17, 15) is 0 Å². The normalized spacial score (nSPS) is 25.9. The molecule has 4 rings (SSSR count). The molecule has 0 atom stereocenters. The van der Waals surface area contributed by atoms with Crippen LogP contribution in [0.4, 0.5) is 11.9 Å². The highest BCUT2D eigenvalue weighted by Gasteiger charge is 2.43. The largest absolute Gasteiger partial charge is 0.351 e. The maximum Gasteiger partial charge on any atom is 0.231 e. The summed E-state index contributed by atoms with van der Waals surface area (Å²) in [6.45, 7) is 21.5. The lowest BCUT2D eigenvalue weighted by Gasteiger charge is -2.52. The third-order valence-corrected chi connectivity index (χ3v) is 8.71. The SMILES string of the molecule is Cc1nc(NC2CCCCC2)nc(N(CN(C)C2CC(C)(C)NC(C)(C)C2)C2CC(C)(C)NC(C)(C)C2)n1. The van der Waals surface area contributed by atoms with Crippen LogP contribution in [-0.4, -0.2) is 73.8 Å². The lowest BCUT2D eigenvalue weighted by molar-refractivity contribution is 0.0757. The Labute approximate surface area is 232 Å². The molecule has 0 unspecified atom stereocenters. The molecule has 3 heterocycles. The molecule has 3 aliphatic rings. The second kappa shape index (κ2) is 10.8. The van der Waals surface area contributed by atoms with Gasteiger partial charge in [-0.1, -0.05) is 19.3 Å². The van der Waals surface area contributed by atoms with Crippen molar-refractivity contribution in [2.24, 2.45) is 0 Å². The van der Waals surface area contributed by atoms with E-state index in [0.717, 1.165) is 50.1 Å². The van der Waals surface area contributed by atoms with E-state index in [2.05, 4.69) is 88.2 Å². The molecule has 8 heteroatoms. The molecule has 216 valence electrons. The van der Waals surface area contributed by atoms with Crippen LogP contribution in [0.5, 0.6) is 0 Å². The zero-order valence-electron chi connectivity index (χ0n) is 26.0. The molecule has 8 nitrogen and oxygen atoms in total. The molecular weight excluding hydrogens is 472 g/mol. The molecular formula is C30H56N8. The highest BCUT2D eigenvalue weighted by Crippen LogP contribution is 2.35. The minimum atomic E-state index is 0.0350. The maximum atomic E-state index is 5.09. The Kier molecular flexibility index (Phi) is 8.38. The second-order valence-corrected chi connectivity index (χ2v) is 15.3. The Morgan fingerprint density at radius 2 is 1.24 bits per heavy atom. The number of anilines is 2. The smallest absolute Gasteiger partial charge is 0.231 e. The van der Waals surface area contributed by atoms with Gasteiger partial charge in [0.25, 0.3) is 0 Å². The average molecular weight is 529 g/mol. The fourth-order valence-corrected chi connectivity index (χ4v) is 7.86. The number of nitrogens with zero attached hydrogens (tertiary/aromatic N) is 5. The summed E-state index contributed by atoms with van der Waals surface area (Å²) >= 11 is 0. The van der Waals surface area contributed by atoms with Gasteiger partial charge in [0.15, 0.2) is 0 Å². The van der Waals surface area contributed by atoms with Crippen LogP contribution in [0.3, 0.4) is 0 Å². The van der Waals surface area contributed by atoms with Crippen LogP contribution in [-0.2, 0) is 0 Å². The third-order valence-electron chi connectivity index (χ3n) is 8.71. The van der Waals surface area contributed by atoms with Crippen LogP contribution in [0, 0.1) is 6.92 Å². The number of piperidine rings is 2. The number of hydrogen-bond acceptors (Lipinski definition) is 8. The Morgan fingerprint density at radius 3 is 1.76 bits per heavy atom. The van der Waals surface area contributed by atoms with E-state index in [-0.39, 0.29) is 22.2 Å². The van der Waals surface area contributed by atoms with Gasteiger partial charge in [-0.05, 0) is 108 Å². The van der Waals surface area contributed by atoms with E-state index < -0.39 is 0 Å². The van der Waals surface area contributed by atoms with Crippen molar-refractivity contribution < 1.29 is 0 Å². The molecule has 3 N–H and O–H groups in total. The number of aromatic nitrogens is 3. The Balaban J connectivity index is 1.64. The first-order valence-corrected chi connectivity index (χ1v) is 15.1. The lowest BCUT2D eigenvalue weighted by Crippen LogP contribution is -2.65. The zero-order valence-corrected chi connectivity index (χ0v) is 26.0. The monoisotopic (exact) mass is 528 g/mol. The highest BCUT2D eigenvalue weighted by molar-refractivity contribution is 5.39. The van der Waals surface area contributed by atoms with Crippen molar-refractivity contribution in [1.82, 2.24) is 30.5 Å². The first kappa shape index (κ1) is 29.5. The van der Waals surface area contributed by atoms with Gasteiger partial charge < -0.3 is 20.9 Å².